The number of benzene rings is 1. The number of nitrogens with one attached hydrogen (secondary N) is 1. The Morgan fingerprint density at radius 1 is 1.43 bits per heavy atom. The van der Waals surface area contributed by atoms with Crippen molar-refractivity contribution in [2.24, 2.45) is 0 Å². The molecule has 1 aromatic heterocycles. The van der Waals surface area contributed by atoms with Crippen LogP contribution in [0.4, 0.5) is 11.4 Å². The van der Waals surface area contributed by atoms with Crippen LogP contribution in [-0.4, -0.2) is 23.1 Å². The number of anilines is 2. The number of hydrogen-bond acceptors (Lipinski definition) is 5. The highest BCUT2D eigenvalue weighted by atomic mass is 32.2. The predicted octanol–water partition coefficient (Wildman–Crippen LogP) is 1.69. The maximum atomic E-state index is 12.3. The summed E-state index contributed by atoms with van der Waals surface area (Å²) in [7, 11) is -3.81. The predicted molar refractivity (Wildman–Crippen MR) is 80.6 cm³/mol. The second-order valence-corrected chi connectivity index (χ2v) is 6.33. The Labute approximate surface area is 123 Å². The van der Waals surface area contributed by atoms with E-state index >= 15 is 0 Å². The molecular formula is C13H18N4O3S. The number of imidazole rings is 1. The molecule has 2 aromatic rings. The average molecular weight is 310 g/mol. The highest BCUT2D eigenvalue weighted by Crippen LogP contribution is 2.25. The number of aryl methyl sites for hydroxylation is 2. The molecule has 0 bridgehead atoms. The molecule has 0 aliphatic heterocycles. The molecule has 0 amide bonds. The van der Waals surface area contributed by atoms with E-state index in [1.165, 1.54) is 24.4 Å². The van der Waals surface area contributed by atoms with E-state index in [2.05, 4.69) is 9.71 Å². The van der Waals surface area contributed by atoms with Crippen molar-refractivity contribution in [3.05, 3.63) is 30.2 Å². The molecule has 114 valence electrons. The van der Waals surface area contributed by atoms with Crippen molar-refractivity contribution in [2.75, 3.05) is 10.5 Å². The Kier molecular flexibility index (Phi) is 4.08. The molecule has 7 nitrogen and oxygen atoms in total. The van der Waals surface area contributed by atoms with Crippen molar-refractivity contribution >= 4 is 21.4 Å². The molecule has 4 N–H and O–H groups in total. The molecule has 0 saturated heterocycles. The topological polar surface area (TPSA) is 110 Å². The molecule has 2 rings (SSSR count). The quantitative estimate of drug-likeness (QED) is 0.575. The van der Waals surface area contributed by atoms with Crippen LogP contribution in [0.2, 0.25) is 0 Å². The normalized spacial score (nSPS) is 11.5. The van der Waals surface area contributed by atoms with Crippen LogP contribution >= 0.6 is 0 Å². The van der Waals surface area contributed by atoms with Gasteiger partial charge in [-0.1, -0.05) is 6.92 Å². The van der Waals surface area contributed by atoms with Gasteiger partial charge in [0.25, 0.3) is 10.0 Å². The smallest absolute Gasteiger partial charge is 0.281 e. The SMILES string of the molecule is CCCn1cc(S(=O)(=O)Nc2ccc(O)cc2N)nc1C. The molecule has 8 heteroatoms. The first kappa shape index (κ1) is 15.2. The maximum absolute atomic E-state index is 12.3. The number of phenols is 1. The van der Waals surface area contributed by atoms with Crippen molar-refractivity contribution in [1.82, 2.24) is 9.55 Å². The Bertz CT molecular complexity index is 753. The molecule has 1 aromatic carbocycles. The highest BCUT2D eigenvalue weighted by molar-refractivity contribution is 7.92. The van der Waals surface area contributed by atoms with Gasteiger partial charge in [-0.05, 0) is 25.5 Å². The average Bonchev–Trinajstić information content (AvgIpc) is 2.76. The van der Waals surface area contributed by atoms with Crippen LogP contribution in [0.3, 0.4) is 0 Å². The summed E-state index contributed by atoms with van der Waals surface area (Å²) in [5.41, 5.74) is 6.02. The largest absolute Gasteiger partial charge is 0.508 e. The minimum absolute atomic E-state index is 0.0292. The van der Waals surface area contributed by atoms with E-state index in [1.54, 1.807) is 11.5 Å². The third-order valence-electron chi connectivity index (χ3n) is 2.97. The number of rotatable bonds is 5. The summed E-state index contributed by atoms with van der Waals surface area (Å²) in [5.74, 6) is 0.606. The third-order valence-corrected chi connectivity index (χ3v) is 4.21. The summed E-state index contributed by atoms with van der Waals surface area (Å²) in [6.45, 7) is 4.46. The lowest BCUT2D eigenvalue weighted by Gasteiger charge is -2.08. The van der Waals surface area contributed by atoms with Crippen LogP contribution in [0.25, 0.3) is 0 Å². The van der Waals surface area contributed by atoms with E-state index < -0.39 is 10.0 Å². The first-order valence-corrected chi connectivity index (χ1v) is 7.97. The lowest BCUT2D eigenvalue weighted by Crippen LogP contribution is -2.14. The van der Waals surface area contributed by atoms with E-state index in [1.807, 2.05) is 6.92 Å². The van der Waals surface area contributed by atoms with Gasteiger partial charge >= 0.3 is 0 Å². The Balaban J connectivity index is 2.32. The van der Waals surface area contributed by atoms with Crippen molar-refractivity contribution in [3.8, 4) is 5.75 Å². The minimum Gasteiger partial charge on any atom is -0.508 e. The summed E-state index contributed by atoms with van der Waals surface area (Å²) >= 11 is 0. The van der Waals surface area contributed by atoms with Crippen molar-refractivity contribution in [2.45, 2.75) is 31.8 Å². The van der Waals surface area contributed by atoms with Gasteiger partial charge in [0.1, 0.15) is 11.6 Å². The number of nitrogen functional groups attached to an aromatic ring is 1. The summed E-state index contributed by atoms with van der Waals surface area (Å²) in [6.07, 6.45) is 2.38. The fourth-order valence-corrected chi connectivity index (χ4v) is 3.01. The molecule has 0 saturated carbocycles. The molecular weight excluding hydrogens is 292 g/mol. The molecule has 0 radical (unpaired) electrons. The van der Waals surface area contributed by atoms with Gasteiger partial charge in [0.2, 0.25) is 0 Å². The van der Waals surface area contributed by atoms with Crippen LogP contribution in [-0.2, 0) is 16.6 Å². The third kappa shape index (κ3) is 3.27. The van der Waals surface area contributed by atoms with Crippen LogP contribution < -0.4 is 10.5 Å². The molecule has 0 atom stereocenters. The standard InChI is InChI=1S/C13H18N4O3S/c1-3-6-17-8-13(15-9(17)2)21(19,20)16-12-5-4-10(18)7-11(12)14/h4-5,7-8,16,18H,3,6,14H2,1-2H3. The van der Waals surface area contributed by atoms with E-state index in [0.717, 1.165) is 6.42 Å². The van der Waals surface area contributed by atoms with E-state index in [9.17, 15) is 13.5 Å². The van der Waals surface area contributed by atoms with Gasteiger partial charge in [0, 0.05) is 18.8 Å². The molecule has 21 heavy (non-hydrogen) atoms. The first-order chi connectivity index (χ1) is 9.83. The zero-order valence-electron chi connectivity index (χ0n) is 11.9. The molecule has 0 aliphatic carbocycles. The highest BCUT2D eigenvalue weighted by Gasteiger charge is 2.20. The van der Waals surface area contributed by atoms with Crippen LogP contribution in [0.1, 0.15) is 19.2 Å². The summed E-state index contributed by atoms with van der Waals surface area (Å²) < 4.78 is 28.8. The number of phenolic OH excluding ortho intramolecular Hbond substituents is 1. The van der Waals surface area contributed by atoms with Crippen LogP contribution in [0.5, 0.6) is 5.75 Å². The number of nitrogens with zero attached hydrogens (tertiary/aromatic N) is 2. The van der Waals surface area contributed by atoms with Crippen LogP contribution in [0, 0.1) is 6.92 Å². The number of hydrogen-bond donors (Lipinski definition) is 3. The fraction of sp³-hybridized carbons (Fsp3) is 0.308. The molecule has 0 aliphatic rings. The van der Waals surface area contributed by atoms with Gasteiger partial charge in [0.05, 0.1) is 11.4 Å². The molecule has 0 spiro atoms. The minimum atomic E-state index is -3.81. The Morgan fingerprint density at radius 2 is 2.14 bits per heavy atom. The summed E-state index contributed by atoms with van der Waals surface area (Å²) in [6, 6.07) is 4.03. The zero-order chi connectivity index (χ0) is 15.6. The Hall–Kier alpha value is -2.22. The fourth-order valence-electron chi connectivity index (χ4n) is 1.92. The maximum Gasteiger partial charge on any atom is 0.281 e. The van der Waals surface area contributed by atoms with E-state index in [0.29, 0.717) is 12.4 Å². The number of nitrogens with two attached hydrogens (primary N) is 1. The Morgan fingerprint density at radius 3 is 2.76 bits per heavy atom. The first-order valence-electron chi connectivity index (χ1n) is 6.48. The number of aromatic nitrogens is 2. The van der Waals surface area contributed by atoms with E-state index in [4.69, 9.17) is 5.73 Å². The van der Waals surface area contributed by atoms with Gasteiger partial charge in [-0.3, -0.25) is 4.72 Å². The number of sulfonamides is 1. The van der Waals surface area contributed by atoms with Gasteiger partial charge in [-0.2, -0.15) is 8.42 Å². The molecule has 1 heterocycles. The van der Waals surface area contributed by atoms with Crippen LogP contribution in [0.15, 0.2) is 29.4 Å². The van der Waals surface area contributed by atoms with Gasteiger partial charge in [-0.25, -0.2) is 4.98 Å². The zero-order valence-corrected chi connectivity index (χ0v) is 12.7. The van der Waals surface area contributed by atoms with Crippen molar-refractivity contribution < 1.29 is 13.5 Å². The summed E-state index contributed by atoms with van der Waals surface area (Å²) in [4.78, 5) is 4.07. The lowest BCUT2D eigenvalue weighted by atomic mass is 10.2. The lowest BCUT2D eigenvalue weighted by molar-refractivity contribution is 0.475. The second-order valence-electron chi connectivity index (χ2n) is 4.70. The van der Waals surface area contributed by atoms with Crippen molar-refractivity contribution in [1.29, 1.82) is 0 Å². The van der Waals surface area contributed by atoms with Gasteiger partial charge < -0.3 is 15.4 Å². The summed E-state index contributed by atoms with van der Waals surface area (Å²) in [5, 5.41) is 9.22. The molecule has 0 fully saturated rings. The monoisotopic (exact) mass is 310 g/mol. The van der Waals surface area contributed by atoms with Crippen molar-refractivity contribution in [3.63, 3.8) is 0 Å². The van der Waals surface area contributed by atoms with E-state index in [-0.39, 0.29) is 22.2 Å². The van der Waals surface area contributed by atoms with Gasteiger partial charge in [0.15, 0.2) is 5.03 Å². The number of aromatic hydroxyl groups is 1. The second kappa shape index (κ2) is 5.65. The van der Waals surface area contributed by atoms with Gasteiger partial charge in [-0.15, -0.1) is 0 Å². The molecule has 0 unspecified atom stereocenters.